The van der Waals surface area contributed by atoms with Crippen LogP contribution in [0.25, 0.3) is 0 Å². The molecule has 0 rings (SSSR count). The van der Waals surface area contributed by atoms with Crippen molar-refractivity contribution in [3.63, 3.8) is 0 Å². The van der Waals surface area contributed by atoms with Gasteiger partial charge in [-0.1, -0.05) is 416 Å². The Balaban J connectivity index is 3.73. The van der Waals surface area contributed by atoms with Crippen molar-refractivity contribution in [2.24, 2.45) is 5.73 Å². The highest BCUT2D eigenvalue weighted by Crippen LogP contribution is 2.43. The molecular formula is C82H158NO8P. The van der Waals surface area contributed by atoms with E-state index in [1.54, 1.807) is 0 Å². The van der Waals surface area contributed by atoms with Crippen molar-refractivity contribution >= 4 is 19.8 Å². The van der Waals surface area contributed by atoms with Gasteiger partial charge in [-0.25, -0.2) is 4.57 Å². The summed E-state index contributed by atoms with van der Waals surface area (Å²) in [5.41, 5.74) is 5.42. The van der Waals surface area contributed by atoms with Gasteiger partial charge in [0.15, 0.2) is 6.10 Å². The third-order valence-corrected chi connectivity index (χ3v) is 19.8. The zero-order valence-electron chi connectivity index (χ0n) is 61.6. The molecule has 0 radical (unpaired) electrons. The van der Waals surface area contributed by atoms with Gasteiger partial charge >= 0.3 is 19.8 Å². The minimum absolute atomic E-state index is 0.0559. The number of unbranched alkanes of at least 4 members (excludes halogenated alkanes) is 60. The van der Waals surface area contributed by atoms with Crippen LogP contribution in [-0.4, -0.2) is 49.3 Å². The van der Waals surface area contributed by atoms with Gasteiger partial charge in [-0.3, -0.25) is 18.6 Å². The molecule has 0 fully saturated rings. The molecule has 0 aromatic heterocycles. The van der Waals surface area contributed by atoms with Crippen molar-refractivity contribution in [2.75, 3.05) is 26.4 Å². The molecule has 0 bridgehead atoms. The summed E-state index contributed by atoms with van der Waals surface area (Å²) in [4.78, 5) is 35.5. The number of ether oxygens (including phenoxy) is 2. The summed E-state index contributed by atoms with van der Waals surface area (Å²) >= 11 is 0. The van der Waals surface area contributed by atoms with Crippen molar-refractivity contribution in [1.82, 2.24) is 0 Å². The monoisotopic (exact) mass is 1320 g/mol. The van der Waals surface area contributed by atoms with Crippen molar-refractivity contribution < 1.29 is 37.6 Å². The molecule has 0 aliphatic rings. The molecule has 0 heterocycles. The number of nitrogens with two attached hydrogens (primary N) is 1. The Morgan fingerprint density at radius 2 is 0.565 bits per heavy atom. The quantitative estimate of drug-likeness (QED) is 0.0264. The highest BCUT2D eigenvalue weighted by atomic mass is 31.2. The van der Waals surface area contributed by atoms with Gasteiger partial charge in [0, 0.05) is 19.4 Å². The molecule has 0 spiro atoms. The topological polar surface area (TPSA) is 134 Å². The summed E-state index contributed by atoms with van der Waals surface area (Å²) in [6.45, 7) is 3.82. The first-order valence-corrected chi connectivity index (χ1v) is 42.5. The smallest absolute Gasteiger partial charge is 0.462 e. The highest BCUT2D eigenvalue weighted by Gasteiger charge is 2.26. The second-order valence-electron chi connectivity index (χ2n) is 28.0. The van der Waals surface area contributed by atoms with Crippen LogP contribution in [0.2, 0.25) is 0 Å². The predicted octanol–water partition coefficient (Wildman–Crippen LogP) is 27.4. The number of carbonyl (C=O) groups is 2. The fourth-order valence-electron chi connectivity index (χ4n) is 12.7. The number of allylic oxidation sites excluding steroid dienone is 6. The molecule has 10 heteroatoms. The van der Waals surface area contributed by atoms with E-state index in [0.29, 0.717) is 6.42 Å². The zero-order valence-corrected chi connectivity index (χ0v) is 62.5. The molecule has 9 nitrogen and oxygen atoms in total. The van der Waals surface area contributed by atoms with Crippen LogP contribution in [0.5, 0.6) is 0 Å². The molecule has 0 saturated carbocycles. The number of rotatable bonds is 79. The molecule has 0 aliphatic carbocycles. The van der Waals surface area contributed by atoms with Crippen LogP contribution in [0.3, 0.4) is 0 Å². The third kappa shape index (κ3) is 77.2. The molecule has 0 aliphatic heterocycles. The van der Waals surface area contributed by atoms with Crippen molar-refractivity contribution in [3.05, 3.63) is 36.5 Å². The maximum absolute atomic E-state index is 12.8. The lowest BCUT2D eigenvalue weighted by Crippen LogP contribution is -2.29. The summed E-state index contributed by atoms with van der Waals surface area (Å²) in [6, 6.07) is 0. The minimum atomic E-state index is -4.39. The Labute approximate surface area is 573 Å². The average molecular weight is 1320 g/mol. The van der Waals surface area contributed by atoms with Crippen LogP contribution >= 0.6 is 7.82 Å². The van der Waals surface area contributed by atoms with Gasteiger partial charge in [-0.05, 0) is 51.4 Å². The molecule has 2 unspecified atom stereocenters. The first kappa shape index (κ1) is 90.2. The fourth-order valence-corrected chi connectivity index (χ4v) is 13.5. The van der Waals surface area contributed by atoms with Gasteiger partial charge in [0.05, 0.1) is 13.2 Å². The van der Waals surface area contributed by atoms with Gasteiger partial charge in [-0.15, -0.1) is 0 Å². The van der Waals surface area contributed by atoms with Crippen molar-refractivity contribution in [1.29, 1.82) is 0 Å². The van der Waals surface area contributed by atoms with E-state index < -0.39 is 26.5 Å². The number of hydrogen-bond acceptors (Lipinski definition) is 8. The number of hydrogen-bond donors (Lipinski definition) is 2. The maximum Gasteiger partial charge on any atom is 0.472 e. The Hall–Kier alpha value is -1.77. The average Bonchev–Trinajstić information content (AvgIpc) is 3.54. The van der Waals surface area contributed by atoms with E-state index >= 15 is 0 Å². The lowest BCUT2D eigenvalue weighted by Gasteiger charge is -2.19. The predicted molar refractivity (Wildman–Crippen MR) is 400 cm³/mol. The fraction of sp³-hybridized carbons (Fsp3) is 0.902. The summed E-state index contributed by atoms with van der Waals surface area (Å²) < 4.78 is 33.3. The van der Waals surface area contributed by atoms with E-state index in [-0.39, 0.29) is 38.6 Å². The lowest BCUT2D eigenvalue weighted by molar-refractivity contribution is -0.161. The molecule has 3 N–H and O–H groups in total. The van der Waals surface area contributed by atoms with Crippen LogP contribution < -0.4 is 5.73 Å². The lowest BCUT2D eigenvalue weighted by atomic mass is 10.0. The second-order valence-corrected chi connectivity index (χ2v) is 29.5. The number of phosphoric ester groups is 1. The van der Waals surface area contributed by atoms with Gasteiger partial charge in [0.1, 0.15) is 6.61 Å². The van der Waals surface area contributed by atoms with Crippen molar-refractivity contribution in [2.45, 2.75) is 450 Å². The Morgan fingerprint density at radius 1 is 0.326 bits per heavy atom. The first-order valence-electron chi connectivity index (χ1n) is 41.0. The summed E-state index contributed by atoms with van der Waals surface area (Å²) in [5.74, 6) is -0.803. The van der Waals surface area contributed by atoms with E-state index in [0.717, 1.165) is 44.9 Å². The number of esters is 2. The zero-order chi connectivity index (χ0) is 66.5. The number of carbonyl (C=O) groups excluding carboxylic acids is 2. The Kier molecular flexibility index (Phi) is 76.7. The summed E-state index contributed by atoms with van der Waals surface area (Å²) in [7, 11) is -4.39. The van der Waals surface area contributed by atoms with Gasteiger partial charge < -0.3 is 20.1 Å². The highest BCUT2D eigenvalue weighted by molar-refractivity contribution is 7.47. The maximum atomic E-state index is 12.8. The van der Waals surface area contributed by atoms with Crippen molar-refractivity contribution in [3.8, 4) is 0 Å². The van der Waals surface area contributed by atoms with E-state index in [1.165, 1.54) is 366 Å². The minimum Gasteiger partial charge on any atom is -0.462 e. The van der Waals surface area contributed by atoms with Crippen LogP contribution in [0.4, 0.5) is 0 Å². The standard InChI is InChI=1S/C82H158NO8P/c1-3-5-7-9-11-13-15-17-19-21-23-25-27-29-31-33-35-36-37-38-39-40-41-42-43-45-46-48-50-52-54-56-58-60-62-64-66-68-70-72-74-81(84)88-78-80(79-90-92(86,87)89-77-76-83)91-82(85)75-73-71-69-67-65-63-61-59-57-55-53-51-49-47-44-34-32-30-28-26-24-22-20-18-16-14-12-10-8-6-4-2/h16,18,22,24,28,30,80H,3-15,17,19-21,23,25-27,29,31-79,83H2,1-2H3,(H,86,87)/b18-16-,24-22-,30-28-. The van der Waals surface area contributed by atoms with E-state index in [4.69, 9.17) is 24.3 Å². The van der Waals surface area contributed by atoms with Crippen LogP contribution in [-0.2, 0) is 32.7 Å². The number of phosphoric acid groups is 1. The van der Waals surface area contributed by atoms with E-state index in [9.17, 15) is 19.0 Å². The SMILES string of the molecule is CCCCCCC/C=C\C/C=C\C/C=C\CCCCCCCCCCCCCCCCCCC(=O)OC(COC(=O)CCCCCCCCCCCCCCCCCCCCCCCCCCCCCCCCCCCCCCCCCC)COP(=O)(O)OCCN. The van der Waals surface area contributed by atoms with Gasteiger partial charge in [0.2, 0.25) is 0 Å². The molecule has 2 atom stereocenters. The van der Waals surface area contributed by atoms with Gasteiger partial charge in [-0.2, -0.15) is 0 Å². The molecular weight excluding hydrogens is 1160 g/mol. The van der Waals surface area contributed by atoms with Crippen LogP contribution in [0.15, 0.2) is 36.5 Å². The molecule has 92 heavy (non-hydrogen) atoms. The normalized spacial score (nSPS) is 13.0. The molecule has 0 saturated heterocycles. The van der Waals surface area contributed by atoms with Gasteiger partial charge in [0.25, 0.3) is 0 Å². The van der Waals surface area contributed by atoms with Crippen LogP contribution in [0, 0.1) is 0 Å². The Morgan fingerprint density at radius 3 is 0.837 bits per heavy atom. The Bertz CT molecular complexity index is 1600. The molecule has 544 valence electrons. The summed E-state index contributed by atoms with van der Waals surface area (Å²) in [5, 5.41) is 0. The van der Waals surface area contributed by atoms with E-state index in [1.807, 2.05) is 0 Å². The second kappa shape index (κ2) is 78.2. The third-order valence-electron chi connectivity index (χ3n) is 18.8. The molecule has 0 aromatic rings. The van der Waals surface area contributed by atoms with Crippen LogP contribution in [0.1, 0.15) is 444 Å². The molecule has 0 aromatic carbocycles. The largest absolute Gasteiger partial charge is 0.472 e. The first-order chi connectivity index (χ1) is 45.3. The summed E-state index contributed by atoms with van der Waals surface area (Å²) in [6.07, 6.45) is 100. The molecule has 0 amide bonds. The van der Waals surface area contributed by atoms with E-state index in [2.05, 4.69) is 50.3 Å².